The van der Waals surface area contributed by atoms with Crippen LogP contribution in [0.15, 0.2) is 200 Å². The van der Waals surface area contributed by atoms with Crippen LogP contribution in [0, 0.1) is 13.8 Å². The molecule has 4 nitrogen and oxygen atoms in total. The SMILES string of the molecule is Cc1cc(C)c(O)c(-c2nc3c(-c4cc(-c5ccccc5)cc(-c5cc(-c6ccc(-c7ccccc7)cc6)ccn5)c4)cccc3n2-c2ccc(C(C)(C)C)cc2-c2ccccc2)c1. The van der Waals surface area contributed by atoms with Crippen molar-refractivity contribution in [2.45, 2.75) is 40.0 Å². The van der Waals surface area contributed by atoms with Gasteiger partial charge in [0.05, 0.1) is 28.0 Å². The summed E-state index contributed by atoms with van der Waals surface area (Å²) in [6.45, 7) is 10.8. The molecular weight excluding hydrogens is 779 g/mol. The molecule has 0 amide bonds. The molecule has 0 fully saturated rings. The molecule has 2 heterocycles. The van der Waals surface area contributed by atoms with Gasteiger partial charge in [-0.15, -0.1) is 0 Å². The maximum absolute atomic E-state index is 11.8. The van der Waals surface area contributed by atoms with E-state index >= 15 is 0 Å². The highest BCUT2D eigenvalue weighted by Gasteiger charge is 2.25. The standard InChI is InChI=1S/C60H49N3O/c1-39-32-40(2)58(64)53(33-39)59-62-57-51(22-15-23-56(57)63(59)55-29-28-50(60(3,4)5)38-52(55)45-20-13-8-14-21-45)48-34-47(42-18-11-7-12-19-42)35-49(36-48)54-37-46(30-31-61-54)44-26-24-43(25-27-44)41-16-9-6-10-17-41/h6-38,64H,1-5H3. The van der Waals surface area contributed by atoms with Crippen LogP contribution in [0.2, 0.25) is 0 Å². The highest BCUT2D eigenvalue weighted by atomic mass is 16.3. The summed E-state index contributed by atoms with van der Waals surface area (Å²) >= 11 is 0. The fourth-order valence-electron chi connectivity index (χ4n) is 8.92. The molecule has 0 atom stereocenters. The van der Waals surface area contributed by atoms with Crippen molar-refractivity contribution in [3.63, 3.8) is 0 Å². The van der Waals surface area contributed by atoms with Crippen LogP contribution in [-0.4, -0.2) is 19.6 Å². The molecule has 0 bridgehead atoms. The van der Waals surface area contributed by atoms with E-state index in [0.29, 0.717) is 11.4 Å². The van der Waals surface area contributed by atoms with Gasteiger partial charge in [0, 0.05) is 22.9 Å². The normalized spacial score (nSPS) is 11.6. The summed E-state index contributed by atoms with van der Waals surface area (Å²) in [4.78, 5) is 10.5. The zero-order valence-electron chi connectivity index (χ0n) is 36.8. The number of fused-ring (bicyclic) bond motifs is 1. The lowest BCUT2D eigenvalue weighted by molar-refractivity contribution is 0.472. The van der Waals surface area contributed by atoms with Crippen molar-refractivity contribution < 1.29 is 5.11 Å². The van der Waals surface area contributed by atoms with Crippen molar-refractivity contribution in [2.24, 2.45) is 0 Å². The fraction of sp³-hybridized carbons (Fsp3) is 0.100. The lowest BCUT2D eigenvalue weighted by Crippen LogP contribution is -2.12. The highest BCUT2D eigenvalue weighted by molar-refractivity contribution is 5.98. The molecule has 1 N–H and O–H groups in total. The molecule has 0 saturated heterocycles. The van der Waals surface area contributed by atoms with Gasteiger partial charge in [-0.1, -0.05) is 160 Å². The van der Waals surface area contributed by atoms with Crippen molar-refractivity contribution in [1.29, 1.82) is 0 Å². The molecule has 10 rings (SSSR count). The summed E-state index contributed by atoms with van der Waals surface area (Å²) < 4.78 is 2.25. The van der Waals surface area contributed by atoms with E-state index in [4.69, 9.17) is 9.97 Å². The van der Waals surface area contributed by atoms with Gasteiger partial charge in [-0.2, -0.15) is 0 Å². The minimum Gasteiger partial charge on any atom is -0.507 e. The van der Waals surface area contributed by atoms with Gasteiger partial charge >= 0.3 is 0 Å². The Morgan fingerprint density at radius 3 is 1.72 bits per heavy atom. The van der Waals surface area contributed by atoms with Crippen molar-refractivity contribution in [1.82, 2.24) is 14.5 Å². The van der Waals surface area contributed by atoms with E-state index in [0.717, 1.165) is 83.6 Å². The predicted octanol–water partition coefficient (Wildman–Crippen LogP) is 15.7. The maximum Gasteiger partial charge on any atom is 0.149 e. The first-order valence-electron chi connectivity index (χ1n) is 21.9. The minimum atomic E-state index is -0.0656. The van der Waals surface area contributed by atoms with Crippen molar-refractivity contribution in [2.75, 3.05) is 0 Å². The monoisotopic (exact) mass is 827 g/mol. The van der Waals surface area contributed by atoms with E-state index < -0.39 is 0 Å². The predicted molar refractivity (Wildman–Crippen MR) is 267 cm³/mol. The van der Waals surface area contributed by atoms with Gasteiger partial charge in [-0.05, 0) is 135 Å². The third kappa shape index (κ3) is 7.69. The molecule has 10 aromatic rings. The van der Waals surface area contributed by atoms with Crippen LogP contribution >= 0.6 is 0 Å². The number of phenols is 1. The van der Waals surface area contributed by atoms with Gasteiger partial charge in [-0.25, -0.2) is 4.98 Å². The number of rotatable bonds is 8. The van der Waals surface area contributed by atoms with Crippen molar-refractivity contribution in [3.8, 4) is 89.7 Å². The number of benzene rings is 8. The summed E-state index contributed by atoms with van der Waals surface area (Å²) in [5, 5.41) is 11.8. The molecule has 0 aliphatic heterocycles. The number of nitrogens with zero attached hydrogens (tertiary/aromatic N) is 3. The molecule has 0 spiro atoms. The summed E-state index contributed by atoms with van der Waals surface area (Å²) in [5.41, 5.74) is 19.4. The van der Waals surface area contributed by atoms with Crippen LogP contribution < -0.4 is 0 Å². The number of phenolic OH excluding ortho intramolecular Hbond substituents is 1. The summed E-state index contributed by atoms with van der Waals surface area (Å²) in [6.07, 6.45) is 1.91. The lowest BCUT2D eigenvalue weighted by atomic mass is 9.85. The highest BCUT2D eigenvalue weighted by Crippen LogP contribution is 2.43. The second-order valence-corrected chi connectivity index (χ2v) is 17.8. The third-order valence-corrected chi connectivity index (χ3v) is 12.3. The average Bonchev–Trinajstić information content (AvgIpc) is 3.72. The Kier molecular flexibility index (Phi) is 10.4. The Morgan fingerprint density at radius 2 is 1.05 bits per heavy atom. The zero-order valence-corrected chi connectivity index (χ0v) is 36.8. The van der Waals surface area contributed by atoms with Crippen LogP contribution in [0.1, 0.15) is 37.5 Å². The molecule has 4 heteroatoms. The summed E-state index contributed by atoms with van der Waals surface area (Å²) in [7, 11) is 0. The topological polar surface area (TPSA) is 50.9 Å². The summed E-state index contributed by atoms with van der Waals surface area (Å²) in [5.74, 6) is 0.907. The largest absolute Gasteiger partial charge is 0.507 e. The number of aryl methyl sites for hydroxylation is 2. The first-order valence-corrected chi connectivity index (χ1v) is 21.9. The summed E-state index contributed by atoms with van der Waals surface area (Å²) in [6, 6.07) is 68.6. The van der Waals surface area contributed by atoms with Gasteiger partial charge in [0.15, 0.2) is 0 Å². The second-order valence-electron chi connectivity index (χ2n) is 17.8. The van der Waals surface area contributed by atoms with Gasteiger partial charge in [-0.3, -0.25) is 9.55 Å². The van der Waals surface area contributed by atoms with E-state index in [9.17, 15) is 5.11 Å². The third-order valence-electron chi connectivity index (χ3n) is 12.3. The number of hydrogen-bond donors (Lipinski definition) is 1. The maximum atomic E-state index is 11.8. The molecule has 0 aliphatic carbocycles. The second kappa shape index (κ2) is 16.5. The number of aromatic hydroxyl groups is 1. The average molecular weight is 828 g/mol. The van der Waals surface area contributed by atoms with Gasteiger partial charge in [0.2, 0.25) is 0 Å². The quantitative estimate of drug-likeness (QED) is 0.166. The molecule has 0 aliphatic rings. The smallest absolute Gasteiger partial charge is 0.149 e. The molecule has 310 valence electrons. The Labute approximate surface area is 375 Å². The number of hydrogen-bond acceptors (Lipinski definition) is 3. The van der Waals surface area contributed by atoms with Crippen LogP contribution in [0.5, 0.6) is 5.75 Å². The molecule has 0 unspecified atom stereocenters. The number of imidazole rings is 1. The Hall–Kier alpha value is -7.82. The molecule has 2 aromatic heterocycles. The van der Waals surface area contributed by atoms with E-state index in [1.807, 2.05) is 31.3 Å². The zero-order chi connectivity index (χ0) is 44.0. The van der Waals surface area contributed by atoms with Gasteiger partial charge in [0.25, 0.3) is 0 Å². The Morgan fingerprint density at radius 1 is 0.453 bits per heavy atom. The van der Waals surface area contributed by atoms with Crippen LogP contribution in [0.4, 0.5) is 0 Å². The van der Waals surface area contributed by atoms with Crippen molar-refractivity contribution in [3.05, 3.63) is 217 Å². The van der Waals surface area contributed by atoms with Gasteiger partial charge < -0.3 is 5.11 Å². The van der Waals surface area contributed by atoms with Crippen LogP contribution in [0.25, 0.3) is 95.0 Å². The lowest BCUT2D eigenvalue weighted by Gasteiger charge is -2.23. The molecule has 64 heavy (non-hydrogen) atoms. The Balaban J connectivity index is 1.19. The van der Waals surface area contributed by atoms with Gasteiger partial charge in [0.1, 0.15) is 11.6 Å². The molecular formula is C60H49N3O. The van der Waals surface area contributed by atoms with Crippen LogP contribution in [-0.2, 0) is 5.41 Å². The van der Waals surface area contributed by atoms with E-state index in [-0.39, 0.29) is 11.2 Å². The minimum absolute atomic E-state index is 0.0656. The molecule has 0 saturated carbocycles. The van der Waals surface area contributed by atoms with E-state index in [1.165, 1.54) is 16.7 Å². The number of para-hydroxylation sites is 1. The fourth-order valence-corrected chi connectivity index (χ4v) is 8.92. The Bertz CT molecular complexity index is 3310. The first-order chi connectivity index (χ1) is 31.1. The van der Waals surface area contributed by atoms with Crippen LogP contribution in [0.3, 0.4) is 0 Å². The number of aromatic nitrogens is 3. The molecule has 0 radical (unpaired) electrons. The van der Waals surface area contributed by atoms with Crippen molar-refractivity contribution >= 4 is 11.0 Å². The van der Waals surface area contributed by atoms with E-state index in [1.54, 1.807) is 0 Å². The first kappa shape index (κ1) is 40.3. The molecule has 8 aromatic carbocycles. The van der Waals surface area contributed by atoms with E-state index in [2.05, 4.69) is 208 Å². The number of pyridine rings is 1.